The number of carbonyl (C=O) groups excluding carboxylic acids is 1. The largest absolute Gasteiger partial charge is 0.349 e. The molecule has 1 amide bonds. The van der Waals surface area contributed by atoms with Gasteiger partial charge in [0, 0.05) is 6.54 Å². The van der Waals surface area contributed by atoms with Crippen molar-refractivity contribution in [3.63, 3.8) is 0 Å². The van der Waals surface area contributed by atoms with Crippen molar-refractivity contribution in [1.29, 1.82) is 0 Å². The van der Waals surface area contributed by atoms with Gasteiger partial charge < -0.3 is 10.2 Å². The molecule has 4 heteroatoms. The van der Waals surface area contributed by atoms with Crippen molar-refractivity contribution >= 4 is 5.91 Å². The number of hydrogen-bond acceptors (Lipinski definition) is 2. The van der Waals surface area contributed by atoms with E-state index in [2.05, 4.69) is 10.2 Å². The van der Waals surface area contributed by atoms with Gasteiger partial charge in [0.25, 0.3) is 0 Å². The van der Waals surface area contributed by atoms with Crippen molar-refractivity contribution in [3.8, 4) is 0 Å². The van der Waals surface area contributed by atoms with Crippen molar-refractivity contribution < 1.29 is 9.18 Å². The Morgan fingerprint density at radius 2 is 1.81 bits per heavy atom. The molecule has 3 aliphatic rings. The fraction of sp³-hybridized carbons (Fsp3) is 0.588. The maximum absolute atomic E-state index is 13.1. The molecule has 1 aliphatic heterocycles. The van der Waals surface area contributed by atoms with Gasteiger partial charge in [-0.3, -0.25) is 4.79 Å². The first-order chi connectivity index (χ1) is 10.1. The highest BCUT2D eigenvalue weighted by atomic mass is 19.1. The average Bonchev–Trinajstić information content (AvgIpc) is 3.31. The number of benzene rings is 1. The van der Waals surface area contributed by atoms with Crippen molar-refractivity contribution in [1.82, 2.24) is 10.2 Å². The SMILES string of the molecule is O=C(NC1(CN2CCC2)CC1)C1(c2ccc(F)cc2)CC1. The maximum atomic E-state index is 13.1. The Bertz CT molecular complexity index is 557. The Balaban J connectivity index is 1.46. The Labute approximate surface area is 124 Å². The Kier molecular flexibility index (Phi) is 2.86. The lowest BCUT2D eigenvalue weighted by molar-refractivity contribution is -0.124. The summed E-state index contributed by atoms with van der Waals surface area (Å²) in [5.41, 5.74) is 0.590. The summed E-state index contributed by atoms with van der Waals surface area (Å²) in [6, 6.07) is 6.43. The molecule has 1 N–H and O–H groups in total. The van der Waals surface area contributed by atoms with Crippen LogP contribution in [0.2, 0.25) is 0 Å². The summed E-state index contributed by atoms with van der Waals surface area (Å²) in [7, 11) is 0. The van der Waals surface area contributed by atoms with E-state index in [1.807, 2.05) is 0 Å². The van der Waals surface area contributed by atoms with Crippen LogP contribution in [0.3, 0.4) is 0 Å². The molecule has 4 rings (SSSR count). The number of nitrogens with one attached hydrogen (secondary N) is 1. The molecule has 0 aromatic heterocycles. The fourth-order valence-corrected chi connectivity index (χ4v) is 3.34. The molecular formula is C17H21FN2O. The molecule has 2 aliphatic carbocycles. The first-order valence-corrected chi connectivity index (χ1v) is 7.93. The summed E-state index contributed by atoms with van der Waals surface area (Å²) >= 11 is 0. The van der Waals surface area contributed by atoms with Gasteiger partial charge in [0.15, 0.2) is 0 Å². The van der Waals surface area contributed by atoms with E-state index in [1.165, 1.54) is 31.6 Å². The molecule has 2 saturated carbocycles. The maximum Gasteiger partial charge on any atom is 0.231 e. The molecule has 3 nitrogen and oxygen atoms in total. The highest BCUT2D eigenvalue weighted by Crippen LogP contribution is 2.50. The lowest BCUT2D eigenvalue weighted by atomic mass is 9.94. The van der Waals surface area contributed by atoms with E-state index >= 15 is 0 Å². The van der Waals surface area contributed by atoms with E-state index in [-0.39, 0.29) is 17.3 Å². The molecule has 3 fully saturated rings. The molecule has 0 unspecified atom stereocenters. The predicted octanol–water partition coefficient (Wildman–Crippen LogP) is 2.21. The van der Waals surface area contributed by atoms with Crippen LogP contribution in [0.4, 0.5) is 4.39 Å². The summed E-state index contributed by atoms with van der Waals surface area (Å²) in [5, 5.41) is 3.31. The van der Waals surface area contributed by atoms with Gasteiger partial charge in [-0.05, 0) is 62.9 Å². The lowest BCUT2D eigenvalue weighted by Crippen LogP contribution is -2.52. The highest BCUT2D eigenvalue weighted by Gasteiger charge is 2.55. The summed E-state index contributed by atoms with van der Waals surface area (Å²) in [4.78, 5) is 15.2. The lowest BCUT2D eigenvalue weighted by Gasteiger charge is -2.35. The van der Waals surface area contributed by atoms with Crippen molar-refractivity contribution in [2.24, 2.45) is 0 Å². The van der Waals surface area contributed by atoms with Crippen LogP contribution in [0.5, 0.6) is 0 Å². The second kappa shape index (κ2) is 4.54. The number of nitrogens with zero attached hydrogens (tertiary/aromatic N) is 1. The van der Waals surface area contributed by atoms with Gasteiger partial charge >= 0.3 is 0 Å². The van der Waals surface area contributed by atoms with E-state index in [0.717, 1.165) is 37.8 Å². The van der Waals surface area contributed by atoms with E-state index in [0.29, 0.717) is 0 Å². The number of rotatable bonds is 5. The number of likely N-dealkylation sites (tertiary alicyclic amines) is 1. The molecule has 0 bridgehead atoms. The molecule has 1 saturated heterocycles. The normalized spacial score (nSPS) is 25.0. The molecule has 1 aromatic carbocycles. The zero-order chi connectivity index (χ0) is 14.5. The van der Waals surface area contributed by atoms with Crippen molar-refractivity contribution in [2.45, 2.75) is 43.1 Å². The fourth-order valence-electron chi connectivity index (χ4n) is 3.34. The molecular weight excluding hydrogens is 267 g/mol. The van der Waals surface area contributed by atoms with Gasteiger partial charge in [-0.25, -0.2) is 4.39 Å². The third kappa shape index (κ3) is 2.35. The minimum Gasteiger partial charge on any atom is -0.349 e. The average molecular weight is 288 g/mol. The van der Waals surface area contributed by atoms with Crippen molar-refractivity contribution in [2.75, 3.05) is 19.6 Å². The van der Waals surface area contributed by atoms with Gasteiger partial charge in [-0.15, -0.1) is 0 Å². The second-order valence-corrected chi connectivity index (χ2v) is 6.95. The molecule has 21 heavy (non-hydrogen) atoms. The number of carbonyl (C=O) groups is 1. The molecule has 1 heterocycles. The summed E-state index contributed by atoms with van der Waals surface area (Å²) in [5.74, 6) is -0.0986. The topological polar surface area (TPSA) is 32.3 Å². The predicted molar refractivity (Wildman–Crippen MR) is 78.5 cm³/mol. The molecule has 0 radical (unpaired) electrons. The monoisotopic (exact) mass is 288 g/mol. The summed E-state index contributed by atoms with van der Waals surface area (Å²) < 4.78 is 13.1. The third-order valence-electron chi connectivity index (χ3n) is 5.29. The number of amides is 1. The first kappa shape index (κ1) is 13.3. The Morgan fingerprint density at radius 3 is 2.29 bits per heavy atom. The second-order valence-electron chi connectivity index (χ2n) is 6.95. The van der Waals surface area contributed by atoms with Crippen LogP contribution in [0, 0.1) is 5.82 Å². The van der Waals surface area contributed by atoms with Crippen LogP contribution >= 0.6 is 0 Å². The van der Waals surface area contributed by atoms with E-state index in [4.69, 9.17) is 0 Å². The van der Waals surface area contributed by atoms with Crippen molar-refractivity contribution in [3.05, 3.63) is 35.6 Å². The molecule has 0 spiro atoms. The molecule has 1 aromatic rings. The zero-order valence-corrected chi connectivity index (χ0v) is 12.2. The molecule has 112 valence electrons. The number of hydrogen-bond donors (Lipinski definition) is 1. The summed E-state index contributed by atoms with van der Waals surface area (Å²) in [6.45, 7) is 3.33. The van der Waals surface area contributed by atoms with Gasteiger partial charge in [-0.2, -0.15) is 0 Å². The summed E-state index contributed by atoms with van der Waals surface area (Å²) in [6.07, 6.45) is 5.22. The van der Waals surface area contributed by atoms with Gasteiger partial charge in [0.2, 0.25) is 5.91 Å². The minimum absolute atomic E-state index is 0.0210. The minimum atomic E-state index is -0.391. The van der Waals surface area contributed by atoms with Crippen LogP contribution in [0.15, 0.2) is 24.3 Å². The van der Waals surface area contributed by atoms with E-state index in [9.17, 15) is 9.18 Å². The first-order valence-electron chi connectivity index (χ1n) is 7.93. The van der Waals surface area contributed by atoms with Crippen LogP contribution in [0.25, 0.3) is 0 Å². The van der Waals surface area contributed by atoms with Gasteiger partial charge in [0.1, 0.15) is 5.82 Å². The Morgan fingerprint density at radius 1 is 1.14 bits per heavy atom. The highest BCUT2D eigenvalue weighted by molar-refractivity contribution is 5.92. The smallest absolute Gasteiger partial charge is 0.231 e. The standard InChI is InChI=1S/C17H21FN2O/c18-14-4-2-13(3-5-14)17(8-9-17)15(21)19-16(6-7-16)12-20-10-1-11-20/h2-5H,1,6-12H2,(H,19,21). The van der Waals surface area contributed by atoms with Crippen LogP contribution < -0.4 is 5.32 Å². The Hall–Kier alpha value is -1.42. The zero-order valence-electron chi connectivity index (χ0n) is 12.2. The van der Waals surface area contributed by atoms with E-state index in [1.54, 1.807) is 12.1 Å². The van der Waals surface area contributed by atoms with Crippen LogP contribution in [0.1, 0.15) is 37.7 Å². The van der Waals surface area contributed by atoms with Gasteiger partial charge in [-0.1, -0.05) is 12.1 Å². The van der Waals surface area contributed by atoms with Crippen LogP contribution in [-0.2, 0) is 10.2 Å². The van der Waals surface area contributed by atoms with E-state index < -0.39 is 5.41 Å². The van der Waals surface area contributed by atoms with Gasteiger partial charge in [0.05, 0.1) is 11.0 Å². The third-order valence-corrected chi connectivity index (χ3v) is 5.29. The number of halogens is 1. The molecule has 0 atom stereocenters. The van der Waals surface area contributed by atoms with Crippen LogP contribution in [-0.4, -0.2) is 36.0 Å². The quantitative estimate of drug-likeness (QED) is 0.901.